The first-order valence-corrected chi connectivity index (χ1v) is 8.09. The summed E-state index contributed by atoms with van der Waals surface area (Å²) in [5.41, 5.74) is 1.87. The van der Waals surface area contributed by atoms with E-state index in [0.717, 1.165) is 6.07 Å². The molecule has 1 aromatic carbocycles. The monoisotopic (exact) mass is 392 g/mol. The van der Waals surface area contributed by atoms with Crippen LogP contribution in [0.4, 0.5) is 13.2 Å². The Bertz CT molecular complexity index is 1030. The molecule has 0 saturated carbocycles. The second kappa shape index (κ2) is 7.59. The molecule has 2 aromatic heterocycles. The number of pyridine rings is 1. The Balaban J connectivity index is 1.86. The number of carbonyl (C=O) groups excluding carboxylic acids is 1. The average molecular weight is 392 g/mol. The van der Waals surface area contributed by atoms with Crippen LogP contribution >= 0.6 is 0 Å². The van der Waals surface area contributed by atoms with Crippen molar-refractivity contribution in [3.63, 3.8) is 0 Å². The molecule has 3 rings (SSSR count). The van der Waals surface area contributed by atoms with E-state index in [4.69, 9.17) is 10.5 Å². The maximum atomic E-state index is 13.3. The van der Waals surface area contributed by atoms with Crippen LogP contribution in [0.3, 0.4) is 0 Å². The first-order chi connectivity index (χ1) is 13.3. The van der Waals surface area contributed by atoms with Crippen LogP contribution < -0.4 is 16.0 Å². The summed E-state index contributed by atoms with van der Waals surface area (Å²) in [6.45, 7) is 0.899. The molecule has 0 spiro atoms. The van der Waals surface area contributed by atoms with Crippen molar-refractivity contribution in [3.05, 3.63) is 70.7 Å². The van der Waals surface area contributed by atoms with Crippen molar-refractivity contribution in [2.45, 2.75) is 12.7 Å². The van der Waals surface area contributed by atoms with Crippen molar-refractivity contribution in [2.75, 3.05) is 6.61 Å². The molecule has 0 radical (unpaired) electrons. The molecule has 0 aliphatic heterocycles. The quantitative estimate of drug-likeness (QED) is 0.672. The summed E-state index contributed by atoms with van der Waals surface area (Å²) in [4.78, 5) is 28.6. The SMILES string of the molecule is NC(=O)c1cc(-c2ccc(OCCn3ccnc3)cc2)c(C(F)(F)F)[nH]c1=O. The lowest BCUT2D eigenvalue weighted by Crippen LogP contribution is -2.27. The van der Waals surface area contributed by atoms with Gasteiger partial charge < -0.3 is 20.0 Å². The molecule has 0 fully saturated rings. The topological polar surface area (TPSA) is 103 Å². The van der Waals surface area contributed by atoms with E-state index < -0.39 is 28.9 Å². The Morgan fingerprint density at radius 3 is 2.54 bits per heavy atom. The molecule has 0 aliphatic carbocycles. The minimum absolute atomic E-state index is 0.146. The Morgan fingerprint density at radius 2 is 1.96 bits per heavy atom. The number of hydrogen-bond donors (Lipinski definition) is 2. The summed E-state index contributed by atoms with van der Waals surface area (Å²) < 4.78 is 47.3. The van der Waals surface area contributed by atoms with Crippen LogP contribution in [0, 0.1) is 0 Å². The van der Waals surface area contributed by atoms with Crippen molar-refractivity contribution in [1.29, 1.82) is 0 Å². The zero-order chi connectivity index (χ0) is 20.3. The number of rotatable bonds is 6. The van der Waals surface area contributed by atoms with Crippen molar-refractivity contribution in [1.82, 2.24) is 14.5 Å². The highest BCUT2D eigenvalue weighted by atomic mass is 19.4. The van der Waals surface area contributed by atoms with Gasteiger partial charge in [-0.05, 0) is 23.8 Å². The van der Waals surface area contributed by atoms with Gasteiger partial charge >= 0.3 is 6.18 Å². The van der Waals surface area contributed by atoms with Gasteiger partial charge in [-0.25, -0.2) is 4.98 Å². The van der Waals surface area contributed by atoms with Gasteiger partial charge in [-0.15, -0.1) is 0 Å². The van der Waals surface area contributed by atoms with Crippen molar-refractivity contribution < 1.29 is 22.7 Å². The summed E-state index contributed by atoms with van der Waals surface area (Å²) in [6, 6.07) is 6.65. The number of primary amides is 1. The van der Waals surface area contributed by atoms with Crippen LogP contribution in [0.1, 0.15) is 16.1 Å². The standard InChI is InChI=1S/C18H15F3N4O3/c19-18(20,21)15-13(9-14(16(22)26)17(27)24-15)11-1-3-12(4-2-11)28-8-7-25-6-5-23-10-25/h1-6,9-10H,7-8H2,(H2,22,26)(H,24,27). The van der Waals surface area contributed by atoms with Crippen molar-refractivity contribution in [3.8, 4) is 16.9 Å². The number of carbonyl (C=O) groups is 1. The summed E-state index contributed by atoms with van der Waals surface area (Å²) in [5.74, 6) is -0.660. The third-order valence-corrected chi connectivity index (χ3v) is 3.93. The molecule has 0 aliphatic rings. The Morgan fingerprint density at radius 1 is 1.25 bits per heavy atom. The molecule has 0 bridgehead atoms. The lowest BCUT2D eigenvalue weighted by Gasteiger charge is -2.14. The van der Waals surface area contributed by atoms with E-state index in [2.05, 4.69) is 4.98 Å². The second-order valence-corrected chi connectivity index (χ2v) is 5.84. The lowest BCUT2D eigenvalue weighted by molar-refractivity contribution is -0.140. The molecule has 3 aromatic rings. The number of nitrogens with zero attached hydrogens (tertiary/aromatic N) is 2. The van der Waals surface area contributed by atoms with E-state index in [-0.39, 0.29) is 11.1 Å². The minimum Gasteiger partial charge on any atom is -0.492 e. The second-order valence-electron chi connectivity index (χ2n) is 5.84. The van der Waals surface area contributed by atoms with E-state index in [1.807, 2.05) is 4.57 Å². The van der Waals surface area contributed by atoms with Gasteiger partial charge in [0.1, 0.15) is 23.6 Å². The molecule has 28 heavy (non-hydrogen) atoms. The number of hydrogen-bond acceptors (Lipinski definition) is 4. The van der Waals surface area contributed by atoms with Gasteiger partial charge in [-0.1, -0.05) is 12.1 Å². The number of nitrogens with two attached hydrogens (primary N) is 1. The molecule has 0 unspecified atom stereocenters. The normalized spacial score (nSPS) is 11.4. The maximum absolute atomic E-state index is 13.3. The largest absolute Gasteiger partial charge is 0.492 e. The van der Waals surface area contributed by atoms with Crippen LogP contribution in [-0.4, -0.2) is 27.0 Å². The number of halogens is 3. The number of aromatic nitrogens is 3. The molecule has 0 saturated heterocycles. The van der Waals surface area contributed by atoms with Crippen molar-refractivity contribution in [2.24, 2.45) is 5.73 Å². The molecule has 1 amide bonds. The van der Waals surface area contributed by atoms with Crippen LogP contribution in [0.2, 0.25) is 0 Å². The smallest absolute Gasteiger partial charge is 0.431 e. The van der Waals surface area contributed by atoms with Gasteiger partial charge in [-0.3, -0.25) is 9.59 Å². The summed E-state index contributed by atoms with van der Waals surface area (Å²) in [5, 5.41) is 0. The zero-order valence-corrected chi connectivity index (χ0v) is 14.4. The number of H-pyrrole nitrogens is 1. The van der Waals surface area contributed by atoms with Gasteiger partial charge in [0.05, 0.1) is 12.9 Å². The molecule has 7 nitrogen and oxygen atoms in total. The van der Waals surface area contributed by atoms with Crippen LogP contribution in [0.5, 0.6) is 5.75 Å². The number of ether oxygens (including phenoxy) is 1. The highest BCUT2D eigenvalue weighted by Crippen LogP contribution is 2.35. The number of amides is 1. The van der Waals surface area contributed by atoms with Gasteiger partial charge in [0.25, 0.3) is 11.5 Å². The van der Waals surface area contributed by atoms with E-state index in [1.54, 1.807) is 23.7 Å². The number of imidazole rings is 1. The Hall–Kier alpha value is -3.56. The summed E-state index contributed by atoms with van der Waals surface area (Å²) in [6.07, 6.45) is 0.234. The highest BCUT2D eigenvalue weighted by Gasteiger charge is 2.36. The predicted octanol–water partition coefficient (Wildman–Crippen LogP) is 2.44. The number of aromatic amines is 1. The molecule has 2 heterocycles. The molecule has 0 atom stereocenters. The molecule has 10 heteroatoms. The van der Waals surface area contributed by atoms with Gasteiger partial charge in [0, 0.05) is 18.0 Å². The van der Waals surface area contributed by atoms with Gasteiger partial charge in [-0.2, -0.15) is 13.2 Å². The Kier molecular flexibility index (Phi) is 5.21. The third-order valence-electron chi connectivity index (χ3n) is 3.93. The lowest BCUT2D eigenvalue weighted by atomic mass is 10.0. The van der Waals surface area contributed by atoms with Crippen molar-refractivity contribution >= 4 is 5.91 Å². The van der Waals surface area contributed by atoms with E-state index in [9.17, 15) is 22.8 Å². The van der Waals surface area contributed by atoms with E-state index >= 15 is 0 Å². The molecule has 3 N–H and O–H groups in total. The van der Waals surface area contributed by atoms with E-state index in [1.165, 1.54) is 24.3 Å². The highest BCUT2D eigenvalue weighted by molar-refractivity contribution is 5.93. The summed E-state index contributed by atoms with van der Waals surface area (Å²) >= 11 is 0. The van der Waals surface area contributed by atoms with Crippen LogP contribution in [-0.2, 0) is 12.7 Å². The van der Waals surface area contributed by atoms with E-state index in [0.29, 0.717) is 18.9 Å². The van der Waals surface area contributed by atoms with Crippen LogP contribution in [0.15, 0.2) is 53.8 Å². The average Bonchev–Trinajstić information content (AvgIpc) is 3.14. The minimum atomic E-state index is -4.81. The number of nitrogens with one attached hydrogen (secondary N) is 1. The number of alkyl halides is 3. The molecular weight excluding hydrogens is 377 g/mol. The Labute approximate surface area is 156 Å². The molecule has 146 valence electrons. The fourth-order valence-electron chi connectivity index (χ4n) is 2.58. The maximum Gasteiger partial charge on any atom is 0.431 e. The third kappa shape index (κ3) is 4.22. The van der Waals surface area contributed by atoms with Crippen LogP contribution in [0.25, 0.3) is 11.1 Å². The first kappa shape index (κ1) is 19.2. The first-order valence-electron chi connectivity index (χ1n) is 8.09. The molecular formula is C18H15F3N4O3. The number of benzene rings is 1. The fraction of sp³-hybridized carbons (Fsp3) is 0.167. The zero-order valence-electron chi connectivity index (χ0n) is 14.4. The predicted molar refractivity (Wildman–Crippen MR) is 93.7 cm³/mol. The van der Waals surface area contributed by atoms with Gasteiger partial charge in [0.2, 0.25) is 0 Å². The van der Waals surface area contributed by atoms with Gasteiger partial charge in [0.15, 0.2) is 0 Å². The summed E-state index contributed by atoms with van der Waals surface area (Å²) in [7, 11) is 0. The fourth-order valence-corrected chi connectivity index (χ4v) is 2.58.